The molecule has 0 radical (unpaired) electrons. The molecule has 2 aromatic heterocycles. The Balaban J connectivity index is 1.87. The van der Waals surface area contributed by atoms with Gasteiger partial charge >= 0.3 is 0 Å². The van der Waals surface area contributed by atoms with Crippen LogP contribution in [0.4, 0.5) is 0 Å². The highest BCUT2D eigenvalue weighted by Crippen LogP contribution is 2.32. The summed E-state index contributed by atoms with van der Waals surface area (Å²) in [6.07, 6.45) is 0.850. The average molecular weight is 343 g/mol. The van der Waals surface area contributed by atoms with Gasteiger partial charge in [-0.25, -0.2) is 13.4 Å². The largest absolute Gasteiger partial charge is 0.315 e. The van der Waals surface area contributed by atoms with Crippen LogP contribution in [0.5, 0.6) is 0 Å². The van der Waals surface area contributed by atoms with Crippen molar-refractivity contribution in [1.82, 2.24) is 14.6 Å². The molecule has 21 heavy (non-hydrogen) atoms. The molecule has 0 amide bonds. The van der Waals surface area contributed by atoms with Crippen molar-refractivity contribution < 1.29 is 8.42 Å². The zero-order valence-electron chi connectivity index (χ0n) is 11.7. The molecule has 0 spiro atoms. The molecule has 1 fully saturated rings. The van der Waals surface area contributed by atoms with Crippen LogP contribution in [-0.2, 0) is 10.0 Å². The van der Waals surface area contributed by atoms with Crippen LogP contribution in [0, 0.1) is 6.92 Å². The van der Waals surface area contributed by atoms with Crippen molar-refractivity contribution >= 4 is 32.7 Å². The summed E-state index contributed by atoms with van der Waals surface area (Å²) in [5.41, 5.74) is 0.862. The molecule has 0 saturated carbocycles. The Labute approximate surface area is 132 Å². The number of thiophene rings is 1. The average Bonchev–Trinajstić information content (AvgIpc) is 3.01. The van der Waals surface area contributed by atoms with E-state index in [1.165, 1.54) is 11.3 Å². The van der Waals surface area contributed by atoms with E-state index in [0.717, 1.165) is 28.5 Å². The molecule has 0 unspecified atom stereocenters. The predicted molar refractivity (Wildman–Crippen MR) is 86.4 cm³/mol. The third-order valence-electron chi connectivity index (χ3n) is 3.35. The Morgan fingerprint density at radius 3 is 2.90 bits per heavy atom. The Hall–Kier alpha value is -0.800. The van der Waals surface area contributed by atoms with Gasteiger partial charge in [0.05, 0.1) is 15.6 Å². The van der Waals surface area contributed by atoms with Crippen molar-refractivity contribution in [2.75, 3.05) is 26.2 Å². The molecule has 1 aliphatic heterocycles. The maximum absolute atomic E-state index is 12.7. The van der Waals surface area contributed by atoms with Gasteiger partial charge in [0.1, 0.15) is 4.21 Å². The van der Waals surface area contributed by atoms with Gasteiger partial charge in [-0.15, -0.1) is 22.7 Å². The van der Waals surface area contributed by atoms with Crippen LogP contribution < -0.4 is 5.32 Å². The smallest absolute Gasteiger partial charge is 0.252 e. The van der Waals surface area contributed by atoms with Gasteiger partial charge in [-0.05, 0) is 32.0 Å². The standard InChI is InChI=1S/C13H17N3O2S3/c1-10-15-11(9-19-10)12-3-4-13(20-12)21(17,18)16-7-2-5-14-6-8-16/h3-4,9,14H,2,5-8H2,1H3. The molecule has 114 valence electrons. The van der Waals surface area contributed by atoms with Crippen LogP contribution in [0.2, 0.25) is 0 Å². The van der Waals surface area contributed by atoms with Gasteiger partial charge in [-0.2, -0.15) is 4.31 Å². The third-order valence-corrected chi connectivity index (χ3v) is 7.59. The monoisotopic (exact) mass is 343 g/mol. The van der Waals surface area contributed by atoms with Gasteiger partial charge in [0.2, 0.25) is 0 Å². The van der Waals surface area contributed by atoms with Gasteiger partial charge in [0, 0.05) is 25.0 Å². The lowest BCUT2D eigenvalue weighted by Gasteiger charge is -2.18. The Kier molecular flexibility index (Phi) is 4.41. The second-order valence-corrected chi connectivity index (χ2v) is 9.19. The lowest BCUT2D eigenvalue weighted by molar-refractivity contribution is 0.433. The first-order valence-corrected chi connectivity index (χ1v) is 9.94. The van der Waals surface area contributed by atoms with Gasteiger partial charge in [-0.3, -0.25) is 0 Å². The molecule has 1 N–H and O–H groups in total. The summed E-state index contributed by atoms with van der Waals surface area (Å²) < 4.78 is 27.3. The first-order chi connectivity index (χ1) is 10.1. The summed E-state index contributed by atoms with van der Waals surface area (Å²) >= 11 is 2.88. The van der Waals surface area contributed by atoms with Crippen molar-refractivity contribution in [3.05, 3.63) is 22.5 Å². The van der Waals surface area contributed by atoms with Crippen LogP contribution in [0.15, 0.2) is 21.7 Å². The minimum atomic E-state index is -3.38. The minimum absolute atomic E-state index is 0.407. The minimum Gasteiger partial charge on any atom is -0.315 e. The van der Waals surface area contributed by atoms with E-state index in [1.807, 2.05) is 18.4 Å². The molecule has 1 saturated heterocycles. The zero-order valence-corrected chi connectivity index (χ0v) is 14.2. The number of rotatable bonds is 3. The lowest BCUT2D eigenvalue weighted by Crippen LogP contribution is -2.33. The Morgan fingerprint density at radius 1 is 1.29 bits per heavy atom. The van der Waals surface area contributed by atoms with Gasteiger partial charge < -0.3 is 5.32 Å². The van der Waals surface area contributed by atoms with Crippen LogP contribution in [0.3, 0.4) is 0 Å². The van der Waals surface area contributed by atoms with Gasteiger partial charge in [0.25, 0.3) is 10.0 Å². The first-order valence-electron chi connectivity index (χ1n) is 6.80. The van der Waals surface area contributed by atoms with Crippen LogP contribution in [0.1, 0.15) is 11.4 Å². The summed E-state index contributed by atoms with van der Waals surface area (Å²) in [7, 11) is -3.38. The fourth-order valence-corrected chi connectivity index (χ4v) is 5.85. The van der Waals surface area contributed by atoms with Crippen molar-refractivity contribution in [2.24, 2.45) is 0 Å². The molecular weight excluding hydrogens is 326 g/mol. The maximum Gasteiger partial charge on any atom is 0.252 e. The highest BCUT2D eigenvalue weighted by atomic mass is 32.2. The van der Waals surface area contributed by atoms with E-state index in [0.29, 0.717) is 23.8 Å². The molecule has 0 aliphatic carbocycles. The Morgan fingerprint density at radius 2 is 2.14 bits per heavy atom. The quantitative estimate of drug-likeness (QED) is 0.928. The number of hydrogen-bond donors (Lipinski definition) is 1. The van der Waals surface area contributed by atoms with Crippen LogP contribution >= 0.6 is 22.7 Å². The van der Waals surface area contributed by atoms with Crippen LogP contribution in [0.25, 0.3) is 10.6 Å². The number of sulfonamides is 1. The fraction of sp³-hybridized carbons (Fsp3) is 0.462. The van der Waals surface area contributed by atoms with E-state index in [4.69, 9.17) is 0 Å². The molecule has 0 bridgehead atoms. The van der Waals surface area contributed by atoms with E-state index in [2.05, 4.69) is 10.3 Å². The molecule has 3 rings (SSSR count). The number of aryl methyl sites for hydroxylation is 1. The molecule has 0 aromatic carbocycles. The van der Waals surface area contributed by atoms with Crippen molar-refractivity contribution in [2.45, 2.75) is 17.6 Å². The second-order valence-electron chi connectivity index (χ2n) is 4.88. The molecule has 3 heterocycles. The zero-order chi connectivity index (χ0) is 14.9. The van der Waals surface area contributed by atoms with E-state index in [1.54, 1.807) is 21.7 Å². The van der Waals surface area contributed by atoms with Crippen LogP contribution in [-0.4, -0.2) is 43.9 Å². The van der Waals surface area contributed by atoms with E-state index in [-0.39, 0.29) is 0 Å². The molecule has 0 atom stereocenters. The first kappa shape index (κ1) is 15.1. The summed E-state index contributed by atoms with van der Waals surface area (Å²) in [5.74, 6) is 0. The molecule has 5 nitrogen and oxygen atoms in total. The van der Waals surface area contributed by atoms with E-state index in [9.17, 15) is 8.42 Å². The van der Waals surface area contributed by atoms with Gasteiger partial charge in [0.15, 0.2) is 0 Å². The molecular formula is C13H17N3O2S3. The number of thiazole rings is 1. The number of aromatic nitrogens is 1. The number of nitrogens with one attached hydrogen (secondary N) is 1. The third kappa shape index (κ3) is 3.19. The molecule has 2 aromatic rings. The molecule has 1 aliphatic rings. The van der Waals surface area contributed by atoms with Gasteiger partial charge in [-0.1, -0.05) is 0 Å². The summed E-state index contributed by atoms with van der Waals surface area (Å²) in [6, 6.07) is 3.55. The maximum atomic E-state index is 12.7. The predicted octanol–water partition coefficient (Wildman–Crippen LogP) is 2.16. The highest BCUT2D eigenvalue weighted by Gasteiger charge is 2.26. The highest BCUT2D eigenvalue weighted by molar-refractivity contribution is 7.91. The number of hydrogen-bond acceptors (Lipinski definition) is 6. The fourth-order valence-electron chi connectivity index (χ4n) is 2.26. The van der Waals surface area contributed by atoms with Crippen molar-refractivity contribution in [1.29, 1.82) is 0 Å². The molecule has 8 heteroatoms. The normalized spacial score (nSPS) is 17.8. The van der Waals surface area contributed by atoms with Crippen molar-refractivity contribution in [3.8, 4) is 10.6 Å². The second kappa shape index (κ2) is 6.13. The van der Waals surface area contributed by atoms with Crippen molar-refractivity contribution in [3.63, 3.8) is 0 Å². The topological polar surface area (TPSA) is 62.3 Å². The van der Waals surface area contributed by atoms with E-state index < -0.39 is 10.0 Å². The number of nitrogens with zero attached hydrogens (tertiary/aromatic N) is 2. The Bertz CT molecular complexity index is 713. The lowest BCUT2D eigenvalue weighted by atomic mass is 10.4. The summed E-state index contributed by atoms with van der Waals surface area (Å²) in [4.78, 5) is 5.32. The SMILES string of the molecule is Cc1nc(-c2ccc(S(=O)(=O)N3CCCNCC3)s2)cs1. The summed E-state index contributed by atoms with van der Waals surface area (Å²) in [6.45, 7) is 4.65. The summed E-state index contributed by atoms with van der Waals surface area (Å²) in [5, 5.41) is 6.18. The van der Waals surface area contributed by atoms with E-state index >= 15 is 0 Å².